The Labute approximate surface area is 155 Å². The van der Waals surface area contributed by atoms with E-state index in [-0.39, 0.29) is 0 Å². The highest BCUT2D eigenvalue weighted by atomic mass is 16.3. The van der Waals surface area contributed by atoms with Crippen LogP contribution in [0, 0.1) is 0 Å². The number of hydrogen-bond acceptors (Lipinski definition) is 2. The van der Waals surface area contributed by atoms with Gasteiger partial charge in [-0.15, -0.1) is 0 Å². The summed E-state index contributed by atoms with van der Waals surface area (Å²) in [6.07, 6.45) is 4.46. The van der Waals surface area contributed by atoms with Crippen LogP contribution in [0.3, 0.4) is 0 Å². The van der Waals surface area contributed by atoms with E-state index in [1.165, 1.54) is 29.5 Å². The van der Waals surface area contributed by atoms with Crippen molar-refractivity contribution >= 4 is 5.69 Å². The van der Waals surface area contributed by atoms with Gasteiger partial charge >= 0.3 is 0 Å². The molecule has 0 fully saturated rings. The van der Waals surface area contributed by atoms with Gasteiger partial charge in [-0.2, -0.15) is 0 Å². The quantitative estimate of drug-likeness (QED) is 0.663. The topological polar surface area (TPSA) is 23.5 Å². The van der Waals surface area contributed by atoms with Crippen molar-refractivity contribution in [1.29, 1.82) is 0 Å². The summed E-state index contributed by atoms with van der Waals surface area (Å²) in [6, 6.07) is 25.3. The van der Waals surface area contributed by atoms with Gasteiger partial charge in [0.25, 0.3) is 0 Å². The average Bonchev–Trinajstić information content (AvgIpc) is 2.70. The largest absolute Gasteiger partial charge is 0.505 e. The zero-order valence-corrected chi connectivity index (χ0v) is 15.1. The second kappa shape index (κ2) is 7.65. The van der Waals surface area contributed by atoms with Gasteiger partial charge in [0.05, 0.1) is 5.69 Å². The Hall–Kier alpha value is -2.74. The monoisotopic (exact) mass is 343 g/mol. The zero-order chi connectivity index (χ0) is 17.8. The maximum absolute atomic E-state index is 11.0. The second-order valence-electron chi connectivity index (χ2n) is 7.11. The molecule has 0 atom stereocenters. The Kier molecular flexibility index (Phi) is 4.92. The number of aromatic hydroxyl groups is 1. The Morgan fingerprint density at radius 3 is 1.88 bits per heavy atom. The molecular formula is C24H25NO. The van der Waals surface area contributed by atoms with Crippen molar-refractivity contribution in [3.63, 3.8) is 0 Å². The van der Waals surface area contributed by atoms with E-state index in [0.29, 0.717) is 5.75 Å². The molecule has 0 saturated heterocycles. The first-order valence-corrected chi connectivity index (χ1v) is 9.48. The summed E-state index contributed by atoms with van der Waals surface area (Å²) in [4.78, 5) is 2.29. The number of rotatable bonds is 5. The maximum Gasteiger partial charge on any atom is 0.142 e. The van der Waals surface area contributed by atoms with Crippen molar-refractivity contribution in [2.45, 2.75) is 38.8 Å². The summed E-state index contributed by atoms with van der Waals surface area (Å²) >= 11 is 0. The fourth-order valence-corrected chi connectivity index (χ4v) is 3.89. The highest BCUT2D eigenvalue weighted by molar-refractivity contribution is 5.64. The van der Waals surface area contributed by atoms with Crippen LogP contribution in [0.1, 0.15) is 35.1 Å². The number of hydrogen-bond donors (Lipinski definition) is 1. The number of nitrogens with zero attached hydrogens (tertiary/aromatic N) is 1. The zero-order valence-electron chi connectivity index (χ0n) is 15.1. The summed E-state index contributed by atoms with van der Waals surface area (Å²) < 4.78 is 0. The fraction of sp³-hybridized carbons (Fsp3) is 0.250. The maximum atomic E-state index is 11.0. The van der Waals surface area contributed by atoms with E-state index in [9.17, 15) is 5.11 Å². The summed E-state index contributed by atoms with van der Waals surface area (Å²) in [5.41, 5.74) is 5.91. The van der Waals surface area contributed by atoms with E-state index in [4.69, 9.17) is 0 Å². The number of benzene rings is 3. The highest BCUT2D eigenvalue weighted by Gasteiger charge is 2.20. The Morgan fingerprint density at radius 1 is 0.692 bits per heavy atom. The molecule has 0 spiro atoms. The molecule has 4 rings (SSSR count). The molecule has 3 aromatic carbocycles. The van der Waals surface area contributed by atoms with Crippen LogP contribution < -0.4 is 4.90 Å². The van der Waals surface area contributed by atoms with Gasteiger partial charge in [-0.05, 0) is 54.0 Å². The molecule has 1 N–H and O–H groups in total. The minimum Gasteiger partial charge on any atom is -0.505 e. The fourth-order valence-electron chi connectivity index (χ4n) is 3.89. The van der Waals surface area contributed by atoms with Crippen LogP contribution in [0.2, 0.25) is 0 Å². The number of fused-ring (bicyclic) bond motifs is 1. The normalized spacial score (nSPS) is 13.2. The number of phenols is 1. The second-order valence-corrected chi connectivity index (χ2v) is 7.11. The van der Waals surface area contributed by atoms with E-state index in [1.54, 1.807) is 0 Å². The summed E-state index contributed by atoms with van der Waals surface area (Å²) in [7, 11) is 0. The van der Waals surface area contributed by atoms with Gasteiger partial charge in [-0.25, -0.2) is 0 Å². The molecule has 1 aliphatic carbocycles. The first-order chi connectivity index (χ1) is 12.8. The molecule has 1 aliphatic rings. The van der Waals surface area contributed by atoms with Crippen LogP contribution in [0.5, 0.6) is 5.75 Å². The van der Waals surface area contributed by atoms with E-state index in [1.807, 2.05) is 12.1 Å². The van der Waals surface area contributed by atoms with Crippen LogP contribution in [-0.2, 0) is 25.9 Å². The summed E-state index contributed by atoms with van der Waals surface area (Å²) in [5, 5.41) is 11.0. The average molecular weight is 343 g/mol. The first-order valence-electron chi connectivity index (χ1n) is 9.48. The van der Waals surface area contributed by atoms with Crippen molar-refractivity contribution in [2.75, 3.05) is 4.90 Å². The van der Waals surface area contributed by atoms with Gasteiger partial charge < -0.3 is 10.0 Å². The Balaban J connectivity index is 1.70. The van der Waals surface area contributed by atoms with Crippen LogP contribution in [0.25, 0.3) is 0 Å². The van der Waals surface area contributed by atoms with Crippen LogP contribution in [0.4, 0.5) is 5.69 Å². The highest BCUT2D eigenvalue weighted by Crippen LogP contribution is 2.38. The lowest BCUT2D eigenvalue weighted by molar-refractivity contribution is 0.460. The van der Waals surface area contributed by atoms with Crippen LogP contribution >= 0.6 is 0 Å². The molecule has 0 saturated carbocycles. The van der Waals surface area contributed by atoms with E-state index in [2.05, 4.69) is 65.6 Å². The minimum atomic E-state index is 0.481. The van der Waals surface area contributed by atoms with Crippen molar-refractivity contribution in [3.05, 3.63) is 95.1 Å². The predicted octanol–water partition coefficient (Wildman–Crippen LogP) is 5.48. The third-order valence-electron chi connectivity index (χ3n) is 5.25. The molecule has 3 aromatic rings. The number of anilines is 1. The van der Waals surface area contributed by atoms with Crippen LogP contribution in [0.15, 0.2) is 72.8 Å². The number of phenolic OH excluding ortho intramolecular Hbond substituents is 1. The minimum absolute atomic E-state index is 0.481. The molecule has 0 aromatic heterocycles. The van der Waals surface area contributed by atoms with Gasteiger partial charge in [0, 0.05) is 13.1 Å². The van der Waals surface area contributed by atoms with Crippen molar-refractivity contribution < 1.29 is 5.11 Å². The lowest BCUT2D eigenvalue weighted by atomic mass is 9.90. The molecule has 0 bridgehead atoms. The SMILES string of the molecule is Oc1c(N(Cc2ccccc2)Cc2ccccc2)ccc2c1CCCC2. The smallest absolute Gasteiger partial charge is 0.142 e. The van der Waals surface area contributed by atoms with Crippen molar-refractivity contribution in [1.82, 2.24) is 0 Å². The van der Waals surface area contributed by atoms with E-state index >= 15 is 0 Å². The number of aryl methyl sites for hydroxylation is 1. The Morgan fingerprint density at radius 2 is 1.27 bits per heavy atom. The summed E-state index contributed by atoms with van der Waals surface area (Å²) in [5.74, 6) is 0.481. The van der Waals surface area contributed by atoms with Gasteiger partial charge in [-0.1, -0.05) is 66.7 Å². The molecular weight excluding hydrogens is 318 g/mol. The molecule has 0 amide bonds. The van der Waals surface area contributed by atoms with E-state index in [0.717, 1.165) is 37.2 Å². The van der Waals surface area contributed by atoms with Crippen molar-refractivity contribution in [2.24, 2.45) is 0 Å². The molecule has 0 radical (unpaired) electrons. The third kappa shape index (κ3) is 3.60. The van der Waals surface area contributed by atoms with Crippen molar-refractivity contribution in [3.8, 4) is 5.75 Å². The molecule has 2 nitrogen and oxygen atoms in total. The lowest BCUT2D eigenvalue weighted by Crippen LogP contribution is -2.23. The predicted molar refractivity (Wildman–Crippen MR) is 108 cm³/mol. The lowest BCUT2D eigenvalue weighted by Gasteiger charge is -2.28. The van der Waals surface area contributed by atoms with Gasteiger partial charge in [0.15, 0.2) is 0 Å². The molecule has 0 unspecified atom stereocenters. The first kappa shape index (κ1) is 16.7. The summed E-state index contributed by atoms with van der Waals surface area (Å²) in [6.45, 7) is 1.56. The van der Waals surface area contributed by atoms with E-state index < -0.39 is 0 Å². The van der Waals surface area contributed by atoms with Gasteiger partial charge in [0.2, 0.25) is 0 Å². The molecule has 132 valence electrons. The molecule has 2 heteroatoms. The van der Waals surface area contributed by atoms with Gasteiger partial charge in [0.1, 0.15) is 5.75 Å². The molecule has 0 aliphatic heterocycles. The van der Waals surface area contributed by atoms with Gasteiger partial charge in [-0.3, -0.25) is 0 Å². The third-order valence-corrected chi connectivity index (χ3v) is 5.25. The molecule has 26 heavy (non-hydrogen) atoms. The molecule has 0 heterocycles. The Bertz CT molecular complexity index is 817. The standard InChI is InChI=1S/C24H25NO/c26-24-22-14-8-7-13-21(22)15-16-23(24)25(17-19-9-3-1-4-10-19)18-20-11-5-2-6-12-20/h1-6,9-12,15-16,26H,7-8,13-14,17-18H2. The van der Waals surface area contributed by atoms with Crippen LogP contribution in [-0.4, -0.2) is 5.11 Å².